The van der Waals surface area contributed by atoms with Crippen LogP contribution >= 0.6 is 0 Å². The Labute approximate surface area is 178 Å². The SMILES string of the molecule is CCCCCC1CCC(c2cc3oc4cc(OCC)c(F)c(F)c4c3c(F)c2F)CO1. The summed E-state index contributed by atoms with van der Waals surface area (Å²) in [6.45, 7) is 4.18. The van der Waals surface area contributed by atoms with Crippen molar-refractivity contribution >= 4 is 21.9 Å². The molecule has 168 valence electrons. The summed E-state index contributed by atoms with van der Waals surface area (Å²) in [5, 5.41) is -0.820. The number of halogens is 4. The molecule has 4 rings (SSSR count). The van der Waals surface area contributed by atoms with Gasteiger partial charge in [0.05, 0.1) is 30.1 Å². The van der Waals surface area contributed by atoms with E-state index in [9.17, 15) is 13.2 Å². The van der Waals surface area contributed by atoms with E-state index in [-0.39, 0.29) is 47.7 Å². The highest BCUT2D eigenvalue weighted by molar-refractivity contribution is 6.06. The van der Waals surface area contributed by atoms with Gasteiger partial charge in [-0.15, -0.1) is 0 Å². The van der Waals surface area contributed by atoms with E-state index in [1.54, 1.807) is 6.92 Å². The van der Waals surface area contributed by atoms with Crippen LogP contribution in [0, 0.1) is 23.3 Å². The maximum atomic E-state index is 15.0. The molecule has 2 heterocycles. The molecule has 0 saturated carbocycles. The smallest absolute Gasteiger partial charge is 0.201 e. The van der Waals surface area contributed by atoms with Gasteiger partial charge >= 0.3 is 0 Å². The number of fused-ring (bicyclic) bond motifs is 3. The van der Waals surface area contributed by atoms with Crippen LogP contribution in [0.4, 0.5) is 17.6 Å². The lowest BCUT2D eigenvalue weighted by atomic mass is 9.89. The van der Waals surface area contributed by atoms with Gasteiger partial charge in [0.1, 0.15) is 11.2 Å². The van der Waals surface area contributed by atoms with Gasteiger partial charge in [-0.25, -0.2) is 13.2 Å². The van der Waals surface area contributed by atoms with Crippen molar-refractivity contribution in [2.75, 3.05) is 13.2 Å². The Morgan fingerprint density at radius 3 is 2.26 bits per heavy atom. The van der Waals surface area contributed by atoms with Crippen molar-refractivity contribution in [1.29, 1.82) is 0 Å². The van der Waals surface area contributed by atoms with Crippen LogP contribution in [0.25, 0.3) is 21.9 Å². The van der Waals surface area contributed by atoms with Gasteiger partial charge in [0.25, 0.3) is 0 Å². The third kappa shape index (κ3) is 4.00. The molecule has 3 aromatic rings. The minimum atomic E-state index is -1.32. The Balaban J connectivity index is 1.68. The Kier molecular flexibility index (Phi) is 6.42. The summed E-state index contributed by atoms with van der Waals surface area (Å²) < 4.78 is 75.5. The van der Waals surface area contributed by atoms with E-state index < -0.39 is 34.0 Å². The van der Waals surface area contributed by atoms with Gasteiger partial charge in [0, 0.05) is 12.0 Å². The van der Waals surface area contributed by atoms with E-state index in [0.29, 0.717) is 6.42 Å². The molecule has 1 aliphatic rings. The topological polar surface area (TPSA) is 31.6 Å². The quantitative estimate of drug-likeness (QED) is 0.285. The van der Waals surface area contributed by atoms with Gasteiger partial charge in [-0.3, -0.25) is 0 Å². The third-order valence-electron chi connectivity index (χ3n) is 6.05. The van der Waals surface area contributed by atoms with Gasteiger partial charge in [-0.1, -0.05) is 26.2 Å². The molecule has 0 amide bonds. The van der Waals surface area contributed by atoms with Gasteiger partial charge < -0.3 is 13.9 Å². The van der Waals surface area contributed by atoms with E-state index in [2.05, 4.69) is 6.92 Å². The minimum absolute atomic E-state index is 0.0269. The highest BCUT2D eigenvalue weighted by atomic mass is 19.2. The number of ether oxygens (including phenoxy) is 2. The monoisotopic (exact) mass is 438 g/mol. The fourth-order valence-corrected chi connectivity index (χ4v) is 4.41. The summed E-state index contributed by atoms with van der Waals surface area (Å²) in [6, 6.07) is 2.55. The predicted molar refractivity (Wildman–Crippen MR) is 111 cm³/mol. The zero-order valence-corrected chi connectivity index (χ0v) is 17.7. The molecule has 2 atom stereocenters. The van der Waals surface area contributed by atoms with Gasteiger partial charge in [-0.05, 0) is 37.8 Å². The molecule has 0 radical (unpaired) electrons. The van der Waals surface area contributed by atoms with E-state index in [0.717, 1.165) is 32.1 Å². The molecule has 2 unspecified atom stereocenters. The first-order chi connectivity index (χ1) is 15.0. The molecule has 1 fully saturated rings. The zero-order chi connectivity index (χ0) is 22.1. The summed E-state index contributed by atoms with van der Waals surface area (Å²) in [4.78, 5) is 0. The molecule has 0 aliphatic carbocycles. The molecule has 1 aromatic heterocycles. The van der Waals surface area contributed by atoms with Crippen LogP contribution in [0.15, 0.2) is 16.5 Å². The first-order valence-electron chi connectivity index (χ1n) is 10.9. The first-order valence-corrected chi connectivity index (χ1v) is 10.9. The predicted octanol–water partition coefficient (Wildman–Crippen LogP) is 7.38. The van der Waals surface area contributed by atoms with Gasteiger partial charge in [-0.2, -0.15) is 4.39 Å². The van der Waals surface area contributed by atoms with Crippen LogP contribution in [-0.2, 0) is 4.74 Å². The Morgan fingerprint density at radius 1 is 0.903 bits per heavy atom. The Morgan fingerprint density at radius 2 is 1.61 bits per heavy atom. The molecular formula is C24H26F4O3. The maximum Gasteiger partial charge on any atom is 0.201 e. The summed E-state index contributed by atoms with van der Waals surface area (Å²) in [5.74, 6) is -5.53. The van der Waals surface area contributed by atoms with E-state index in [1.807, 2.05) is 0 Å². The van der Waals surface area contributed by atoms with E-state index in [1.165, 1.54) is 12.1 Å². The molecule has 1 aliphatic heterocycles. The van der Waals surface area contributed by atoms with Crippen molar-refractivity contribution in [2.24, 2.45) is 0 Å². The van der Waals surface area contributed by atoms with Crippen molar-refractivity contribution in [2.45, 2.75) is 64.4 Å². The molecular weight excluding hydrogens is 412 g/mol. The average molecular weight is 438 g/mol. The van der Waals surface area contributed by atoms with E-state index in [4.69, 9.17) is 13.9 Å². The summed E-state index contributed by atoms with van der Waals surface area (Å²) in [7, 11) is 0. The maximum absolute atomic E-state index is 15.0. The van der Waals surface area contributed by atoms with Crippen LogP contribution in [0.1, 0.15) is 63.9 Å². The number of furan rings is 1. The Bertz CT molecular complexity index is 1080. The molecule has 3 nitrogen and oxygen atoms in total. The lowest BCUT2D eigenvalue weighted by molar-refractivity contribution is -0.00275. The number of benzene rings is 2. The van der Waals surface area contributed by atoms with Crippen molar-refractivity contribution in [3.63, 3.8) is 0 Å². The Hall–Kier alpha value is -2.28. The largest absolute Gasteiger partial charge is 0.491 e. The number of unbranched alkanes of at least 4 members (excludes halogenated alkanes) is 2. The molecule has 0 bridgehead atoms. The highest BCUT2D eigenvalue weighted by Gasteiger charge is 2.30. The van der Waals surface area contributed by atoms with Crippen molar-refractivity contribution in [3.8, 4) is 5.75 Å². The highest BCUT2D eigenvalue weighted by Crippen LogP contribution is 2.41. The van der Waals surface area contributed by atoms with Crippen LogP contribution in [0.5, 0.6) is 5.75 Å². The van der Waals surface area contributed by atoms with Crippen molar-refractivity contribution in [3.05, 3.63) is 41.0 Å². The standard InChI is InChI=1S/C24H26F4O3/c1-3-5-6-7-14-9-8-13(12-30-14)15-10-16-19(23(27)21(15)25)20-17(31-16)11-18(29-4-2)22(26)24(20)28/h10-11,13-14H,3-9,12H2,1-2H3. The van der Waals surface area contributed by atoms with Crippen molar-refractivity contribution in [1.82, 2.24) is 0 Å². The van der Waals surface area contributed by atoms with Gasteiger partial charge in [0.15, 0.2) is 23.2 Å². The molecule has 0 spiro atoms. The fourth-order valence-electron chi connectivity index (χ4n) is 4.41. The average Bonchev–Trinajstić information content (AvgIpc) is 3.14. The summed E-state index contributed by atoms with van der Waals surface area (Å²) in [5.41, 5.74) is 0.0200. The second-order valence-electron chi connectivity index (χ2n) is 8.10. The second-order valence-corrected chi connectivity index (χ2v) is 8.10. The minimum Gasteiger partial charge on any atom is -0.491 e. The van der Waals surface area contributed by atoms with Crippen molar-refractivity contribution < 1.29 is 31.5 Å². The zero-order valence-electron chi connectivity index (χ0n) is 17.7. The van der Waals surface area contributed by atoms with Crippen LogP contribution in [-0.4, -0.2) is 19.3 Å². The molecule has 31 heavy (non-hydrogen) atoms. The fraction of sp³-hybridized carbons (Fsp3) is 0.500. The number of hydrogen-bond donors (Lipinski definition) is 0. The number of hydrogen-bond acceptors (Lipinski definition) is 3. The molecule has 1 saturated heterocycles. The summed E-state index contributed by atoms with van der Waals surface area (Å²) in [6.07, 6.45) is 5.90. The molecule has 2 aromatic carbocycles. The molecule has 0 N–H and O–H groups in total. The lowest BCUT2D eigenvalue weighted by Gasteiger charge is -2.29. The number of rotatable bonds is 7. The second kappa shape index (κ2) is 9.07. The van der Waals surface area contributed by atoms with E-state index >= 15 is 4.39 Å². The third-order valence-corrected chi connectivity index (χ3v) is 6.05. The van der Waals surface area contributed by atoms with Gasteiger partial charge in [0.2, 0.25) is 5.82 Å². The lowest BCUT2D eigenvalue weighted by Crippen LogP contribution is -2.25. The summed E-state index contributed by atoms with van der Waals surface area (Å²) >= 11 is 0. The van der Waals surface area contributed by atoms with Crippen LogP contribution in [0.3, 0.4) is 0 Å². The molecule has 7 heteroatoms. The normalized spacial score (nSPS) is 19.4. The first kappa shape index (κ1) is 21.9. The van der Waals surface area contributed by atoms with Crippen LogP contribution in [0.2, 0.25) is 0 Å². The van der Waals surface area contributed by atoms with Crippen LogP contribution < -0.4 is 4.74 Å².